The number of carbonyl (C=O) groups is 1. The largest absolute Gasteiger partial charge is 0.337 e. The van der Waals surface area contributed by atoms with E-state index in [0.717, 1.165) is 25.2 Å². The van der Waals surface area contributed by atoms with E-state index >= 15 is 0 Å². The van der Waals surface area contributed by atoms with Crippen molar-refractivity contribution < 1.29 is 9.18 Å². The van der Waals surface area contributed by atoms with Crippen molar-refractivity contribution in [1.29, 1.82) is 0 Å². The lowest BCUT2D eigenvalue weighted by atomic mass is 10.1. The van der Waals surface area contributed by atoms with Crippen molar-refractivity contribution in [2.75, 3.05) is 19.6 Å². The predicted octanol–water partition coefficient (Wildman–Crippen LogP) is 1.19. The molecule has 1 aliphatic heterocycles. The summed E-state index contributed by atoms with van der Waals surface area (Å²) in [4.78, 5) is 14.0. The SMILES string of the molecule is C[C@@H]1CNCCN1C(=O)Cc1ccc(F)cc1. The van der Waals surface area contributed by atoms with Crippen molar-refractivity contribution in [2.24, 2.45) is 0 Å². The molecule has 4 heteroatoms. The van der Waals surface area contributed by atoms with Crippen molar-refractivity contribution in [3.8, 4) is 0 Å². The molecular weight excluding hydrogens is 219 g/mol. The second-order valence-corrected chi connectivity index (χ2v) is 4.44. The lowest BCUT2D eigenvalue weighted by Gasteiger charge is -2.34. The number of nitrogens with one attached hydrogen (secondary N) is 1. The zero-order valence-electron chi connectivity index (χ0n) is 9.95. The van der Waals surface area contributed by atoms with Crippen LogP contribution < -0.4 is 5.32 Å². The summed E-state index contributed by atoms with van der Waals surface area (Å²) in [5.41, 5.74) is 0.863. The van der Waals surface area contributed by atoms with Crippen LogP contribution in [0.4, 0.5) is 4.39 Å². The minimum atomic E-state index is -0.267. The smallest absolute Gasteiger partial charge is 0.227 e. The maximum absolute atomic E-state index is 12.7. The molecule has 1 aromatic carbocycles. The lowest BCUT2D eigenvalue weighted by molar-refractivity contribution is -0.133. The molecule has 0 radical (unpaired) electrons. The number of carbonyl (C=O) groups excluding carboxylic acids is 1. The van der Waals surface area contributed by atoms with Crippen LogP contribution in [0.1, 0.15) is 12.5 Å². The zero-order chi connectivity index (χ0) is 12.3. The summed E-state index contributed by atoms with van der Waals surface area (Å²) in [5, 5.41) is 3.25. The number of halogens is 1. The second-order valence-electron chi connectivity index (χ2n) is 4.44. The highest BCUT2D eigenvalue weighted by molar-refractivity contribution is 5.79. The van der Waals surface area contributed by atoms with Gasteiger partial charge in [-0.3, -0.25) is 4.79 Å². The molecule has 1 fully saturated rings. The number of piperazine rings is 1. The van der Waals surface area contributed by atoms with E-state index in [2.05, 4.69) is 5.32 Å². The zero-order valence-corrected chi connectivity index (χ0v) is 9.95. The first kappa shape index (κ1) is 12.0. The number of benzene rings is 1. The molecule has 0 saturated carbocycles. The first-order chi connectivity index (χ1) is 8.16. The van der Waals surface area contributed by atoms with Crippen LogP contribution in [0.15, 0.2) is 24.3 Å². The highest BCUT2D eigenvalue weighted by Gasteiger charge is 2.22. The Labute approximate surface area is 101 Å². The molecule has 1 N–H and O–H groups in total. The Morgan fingerprint density at radius 1 is 1.47 bits per heavy atom. The molecule has 92 valence electrons. The summed E-state index contributed by atoms with van der Waals surface area (Å²) in [6.07, 6.45) is 0.352. The van der Waals surface area contributed by atoms with Crippen LogP contribution in [0.3, 0.4) is 0 Å². The summed E-state index contributed by atoms with van der Waals surface area (Å²) >= 11 is 0. The maximum atomic E-state index is 12.7. The first-order valence-corrected chi connectivity index (χ1v) is 5.91. The van der Waals surface area contributed by atoms with Gasteiger partial charge in [0, 0.05) is 25.7 Å². The molecule has 17 heavy (non-hydrogen) atoms. The van der Waals surface area contributed by atoms with E-state index in [4.69, 9.17) is 0 Å². The highest BCUT2D eigenvalue weighted by atomic mass is 19.1. The molecule has 2 rings (SSSR count). The molecule has 0 aliphatic carbocycles. The first-order valence-electron chi connectivity index (χ1n) is 5.91. The van der Waals surface area contributed by atoms with Crippen molar-refractivity contribution in [1.82, 2.24) is 10.2 Å². The van der Waals surface area contributed by atoms with Crippen LogP contribution in [-0.2, 0) is 11.2 Å². The van der Waals surface area contributed by atoms with Gasteiger partial charge in [-0.15, -0.1) is 0 Å². The summed E-state index contributed by atoms with van der Waals surface area (Å²) < 4.78 is 12.7. The summed E-state index contributed by atoms with van der Waals surface area (Å²) in [7, 11) is 0. The second kappa shape index (κ2) is 5.27. The van der Waals surface area contributed by atoms with Crippen LogP contribution in [0, 0.1) is 5.82 Å². The van der Waals surface area contributed by atoms with Gasteiger partial charge in [0.15, 0.2) is 0 Å². The molecule has 0 bridgehead atoms. The molecule has 0 spiro atoms. The molecule has 1 aliphatic rings. The summed E-state index contributed by atoms with van der Waals surface area (Å²) in [6, 6.07) is 6.35. The number of amides is 1. The van der Waals surface area contributed by atoms with Crippen LogP contribution >= 0.6 is 0 Å². The van der Waals surface area contributed by atoms with E-state index in [-0.39, 0.29) is 17.8 Å². The molecule has 3 nitrogen and oxygen atoms in total. The Balaban J connectivity index is 1.98. The molecule has 1 aromatic rings. The van der Waals surface area contributed by atoms with Crippen LogP contribution in [0.5, 0.6) is 0 Å². The third kappa shape index (κ3) is 3.03. The van der Waals surface area contributed by atoms with Gasteiger partial charge >= 0.3 is 0 Å². The summed E-state index contributed by atoms with van der Waals surface area (Å²) in [6.45, 7) is 4.48. The van der Waals surface area contributed by atoms with Crippen LogP contribution in [-0.4, -0.2) is 36.5 Å². The standard InChI is InChI=1S/C13H17FN2O/c1-10-9-15-6-7-16(10)13(17)8-11-2-4-12(14)5-3-11/h2-5,10,15H,6-9H2,1H3/t10-/m1/s1. The van der Waals surface area contributed by atoms with Gasteiger partial charge in [-0.1, -0.05) is 12.1 Å². The Hall–Kier alpha value is -1.42. The quantitative estimate of drug-likeness (QED) is 0.836. The van der Waals surface area contributed by atoms with E-state index in [1.54, 1.807) is 12.1 Å². The minimum absolute atomic E-state index is 0.116. The Morgan fingerprint density at radius 2 is 2.18 bits per heavy atom. The molecular formula is C13H17FN2O. The molecule has 1 heterocycles. The fraction of sp³-hybridized carbons (Fsp3) is 0.462. The van der Waals surface area contributed by atoms with Crippen molar-refractivity contribution in [3.63, 3.8) is 0 Å². The van der Waals surface area contributed by atoms with Gasteiger partial charge in [-0.05, 0) is 24.6 Å². The number of hydrogen-bond donors (Lipinski definition) is 1. The van der Waals surface area contributed by atoms with Crippen molar-refractivity contribution >= 4 is 5.91 Å². The summed E-state index contributed by atoms with van der Waals surface area (Å²) in [5.74, 6) is -0.151. The molecule has 0 aromatic heterocycles. The fourth-order valence-electron chi connectivity index (χ4n) is 2.09. The highest BCUT2D eigenvalue weighted by Crippen LogP contribution is 2.09. The van der Waals surface area contributed by atoms with Gasteiger partial charge in [0.2, 0.25) is 5.91 Å². The van der Waals surface area contributed by atoms with E-state index in [1.807, 2.05) is 11.8 Å². The van der Waals surface area contributed by atoms with Gasteiger partial charge < -0.3 is 10.2 Å². The normalized spacial score (nSPS) is 20.4. The molecule has 1 atom stereocenters. The Morgan fingerprint density at radius 3 is 2.82 bits per heavy atom. The van der Waals surface area contributed by atoms with Gasteiger partial charge in [0.1, 0.15) is 5.82 Å². The van der Waals surface area contributed by atoms with E-state index < -0.39 is 0 Å². The molecule has 1 saturated heterocycles. The molecule has 1 amide bonds. The van der Waals surface area contributed by atoms with E-state index in [0.29, 0.717) is 6.42 Å². The van der Waals surface area contributed by atoms with Gasteiger partial charge in [0.25, 0.3) is 0 Å². The van der Waals surface area contributed by atoms with Crippen molar-refractivity contribution in [3.05, 3.63) is 35.6 Å². The van der Waals surface area contributed by atoms with Gasteiger partial charge in [-0.25, -0.2) is 4.39 Å². The van der Waals surface area contributed by atoms with E-state index in [1.165, 1.54) is 12.1 Å². The average Bonchev–Trinajstić information content (AvgIpc) is 2.32. The number of nitrogens with zero attached hydrogens (tertiary/aromatic N) is 1. The average molecular weight is 236 g/mol. The van der Waals surface area contributed by atoms with Crippen molar-refractivity contribution in [2.45, 2.75) is 19.4 Å². The Bertz CT molecular complexity index is 391. The monoisotopic (exact) mass is 236 g/mol. The third-order valence-corrected chi connectivity index (χ3v) is 3.09. The minimum Gasteiger partial charge on any atom is -0.337 e. The number of rotatable bonds is 2. The predicted molar refractivity (Wildman–Crippen MR) is 64.1 cm³/mol. The number of hydrogen-bond acceptors (Lipinski definition) is 2. The van der Waals surface area contributed by atoms with Crippen LogP contribution in [0.2, 0.25) is 0 Å². The van der Waals surface area contributed by atoms with E-state index in [9.17, 15) is 9.18 Å². The fourth-order valence-corrected chi connectivity index (χ4v) is 2.09. The van der Waals surface area contributed by atoms with Crippen LogP contribution in [0.25, 0.3) is 0 Å². The van der Waals surface area contributed by atoms with Gasteiger partial charge in [0.05, 0.1) is 6.42 Å². The third-order valence-electron chi connectivity index (χ3n) is 3.09. The van der Waals surface area contributed by atoms with Gasteiger partial charge in [-0.2, -0.15) is 0 Å². The Kier molecular flexibility index (Phi) is 3.74. The lowest BCUT2D eigenvalue weighted by Crippen LogP contribution is -2.52. The molecule has 0 unspecified atom stereocenters. The topological polar surface area (TPSA) is 32.3 Å². The maximum Gasteiger partial charge on any atom is 0.227 e.